The van der Waals surface area contributed by atoms with E-state index in [9.17, 15) is 4.79 Å². The number of allylic oxidation sites excluding steroid dienone is 4. The predicted molar refractivity (Wildman–Crippen MR) is 61.6 cm³/mol. The normalized spacial score (nSPS) is 14.6. The summed E-state index contributed by atoms with van der Waals surface area (Å²) in [6.45, 7) is 0.825. The van der Waals surface area contributed by atoms with E-state index in [1.54, 1.807) is 12.3 Å². The SMILES string of the molecule is NC(=O)c1ccc[n+](CC2=CCC=CC2)c1. The van der Waals surface area contributed by atoms with Gasteiger partial charge in [0.2, 0.25) is 0 Å². The highest BCUT2D eigenvalue weighted by atomic mass is 16.1. The van der Waals surface area contributed by atoms with Gasteiger partial charge in [-0.05, 0) is 24.5 Å². The Morgan fingerprint density at radius 2 is 2.31 bits per heavy atom. The van der Waals surface area contributed by atoms with Crippen LogP contribution in [0.2, 0.25) is 0 Å². The van der Waals surface area contributed by atoms with Gasteiger partial charge in [0.15, 0.2) is 18.9 Å². The first kappa shape index (κ1) is 10.6. The number of primary amides is 1. The van der Waals surface area contributed by atoms with Crippen LogP contribution in [-0.4, -0.2) is 5.91 Å². The first-order valence-electron chi connectivity index (χ1n) is 5.37. The molecule has 0 bridgehead atoms. The highest BCUT2D eigenvalue weighted by molar-refractivity contribution is 5.92. The van der Waals surface area contributed by atoms with E-state index < -0.39 is 0 Å². The van der Waals surface area contributed by atoms with E-state index in [1.807, 2.05) is 16.8 Å². The number of nitrogens with zero attached hydrogens (tertiary/aromatic N) is 1. The Kier molecular flexibility index (Phi) is 3.15. The molecule has 0 unspecified atom stereocenters. The molecule has 0 spiro atoms. The number of hydrogen-bond donors (Lipinski definition) is 1. The van der Waals surface area contributed by atoms with Crippen LogP contribution in [0.5, 0.6) is 0 Å². The van der Waals surface area contributed by atoms with Gasteiger partial charge in [-0.3, -0.25) is 4.79 Å². The van der Waals surface area contributed by atoms with Gasteiger partial charge >= 0.3 is 0 Å². The highest BCUT2D eigenvalue weighted by Gasteiger charge is 2.09. The molecule has 1 aliphatic rings. The maximum absolute atomic E-state index is 11.0. The quantitative estimate of drug-likeness (QED) is 0.600. The van der Waals surface area contributed by atoms with Crippen LogP contribution in [0.25, 0.3) is 0 Å². The van der Waals surface area contributed by atoms with Crippen LogP contribution in [0, 0.1) is 0 Å². The Bertz CT molecular complexity index is 461. The lowest BCUT2D eigenvalue weighted by molar-refractivity contribution is -0.689. The van der Waals surface area contributed by atoms with Crippen molar-refractivity contribution >= 4 is 5.91 Å². The molecule has 0 fully saturated rings. The van der Waals surface area contributed by atoms with Crippen LogP contribution >= 0.6 is 0 Å². The minimum absolute atomic E-state index is 0.383. The lowest BCUT2D eigenvalue weighted by atomic mass is 10.1. The first-order chi connectivity index (χ1) is 7.75. The molecule has 3 heteroatoms. The zero-order valence-electron chi connectivity index (χ0n) is 9.10. The zero-order chi connectivity index (χ0) is 11.4. The Balaban J connectivity index is 2.12. The molecule has 2 rings (SSSR count). The summed E-state index contributed by atoms with van der Waals surface area (Å²) in [5, 5.41) is 0. The fourth-order valence-corrected chi connectivity index (χ4v) is 1.78. The number of carbonyl (C=O) groups is 1. The molecule has 1 aliphatic carbocycles. The van der Waals surface area contributed by atoms with Crippen molar-refractivity contribution < 1.29 is 9.36 Å². The molecule has 0 radical (unpaired) electrons. The molecule has 0 saturated carbocycles. The Labute approximate surface area is 94.9 Å². The van der Waals surface area contributed by atoms with E-state index in [1.165, 1.54) is 5.57 Å². The molecule has 82 valence electrons. The molecule has 0 aliphatic heterocycles. The summed E-state index contributed by atoms with van der Waals surface area (Å²) in [7, 11) is 0. The van der Waals surface area contributed by atoms with Gasteiger partial charge in [-0.25, -0.2) is 4.57 Å². The van der Waals surface area contributed by atoms with Crippen molar-refractivity contribution in [1.29, 1.82) is 0 Å². The molecule has 1 amide bonds. The topological polar surface area (TPSA) is 47.0 Å². The van der Waals surface area contributed by atoms with Crippen molar-refractivity contribution in [3.05, 3.63) is 53.9 Å². The molecule has 1 heterocycles. The van der Waals surface area contributed by atoms with Crippen molar-refractivity contribution in [2.24, 2.45) is 5.73 Å². The minimum Gasteiger partial charge on any atom is -0.365 e. The van der Waals surface area contributed by atoms with Gasteiger partial charge in [-0.1, -0.05) is 18.2 Å². The first-order valence-corrected chi connectivity index (χ1v) is 5.37. The van der Waals surface area contributed by atoms with Gasteiger partial charge in [-0.2, -0.15) is 0 Å². The molecule has 1 aromatic heterocycles. The Morgan fingerprint density at radius 1 is 1.44 bits per heavy atom. The molecule has 0 saturated heterocycles. The molecule has 1 aromatic rings. The van der Waals surface area contributed by atoms with Crippen molar-refractivity contribution in [3.8, 4) is 0 Å². The number of nitrogens with two attached hydrogens (primary N) is 1. The summed E-state index contributed by atoms with van der Waals surface area (Å²) in [4.78, 5) is 11.0. The van der Waals surface area contributed by atoms with Crippen LogP contribution in [0.15, 0.2) is 48.3 Å². The van der Waals surface area contributed by atoms with Crippen LogP contribution < -0.4 is 10.3 Å². The third kappa shape index (κ3) is 2.57. The lowest BCUT2D eigenvalue weighted by Crippen LogP contribution is -2.35. The van der Waals surface area contributed by atoms with Crippen LogP contribution in [0.1, 0.15) is 23.2 Å². The summed E-state index contributed by atoms with van der Waals surface area (Å²) in [5.41, 5.74) is 7.16. The lowest BCUT2D eigenvalue weighted by Gasteiger charge is -2.05. The molecular formula is C13H15N2O+. The second-order valence-electron chi connectivity index (χ2n) is 3.90. The smallest absolute Gasteiger partial charge is 0.254 e. The van der Waals surface area contributed by atoms with Crippen LogP contribution in [0.4, 0.5) is 0 Å². The third-order valence-corrected chi connectivity index (χ3v) is 2.62. The summed E-state index contributed by atoms with van der Waals surface area (Å²) in [6, 6.07) is 3.58. The maximum Gasteiger partial charge on any atom is 0.254 e. The van der Waals surface area contributed by atoms with E-state index in [4.69, 9.17) is 5.73 Å². The average Bonchev–Trinajstić information content (AvgIpc) is 2.30. The van der Waals surface area contributed by atoms with Gasteiger partial charge in [0.05, 0.1) is 0 Å². The fourth-order valence-electron chi connectivity index (χ4n) is 1.78. The number of carbonyl (C=O) groups excluding carboxylic acids is 1. The molecule has 0 atom stereocenters. The van der Waals surface area contributed by atoms with Gasteiger partial charge in [0.25, 0.3) is 5.91 Å². The maximum atomic E-state index is 11.0. The minimum atomic E-state index is -0.383. The number of aromatic nitrogens is 1. The second-order valence-corrected chi connectivity index (χ2v) is 3.90. The predicted octanol–water partition coefficient (Wildman–Crippen LogP) is 1.35. The third-order valence-electron chi connectivity index (χ3n) is 2.62. The van der Waals surface area contributed by atoms with Gasteiger partial charge in [0.1, 0.15) is 5.56 Å². The summed E-state index contributed by atoms with van der Waals surface area (Å²) in [6.07, 6.45) is 12.3. The van der Waals surface area contributed by atoms with Crippen molar-refractivity contribution in [1.82, 2.24) is 0 Å². The van der Waals surface area contributed by atoms with Crippen molar-refractivity contribution in [2.45, 2.75) is 19.4 Å². The van der Waals surface area contributed by atoms with Crippen LogP contribution in [0.3, 0.4) is 0 Å². The Hall–Kier alpha value is -1.90. The largest absolute Gasteiger partial charge is 0.365 e. The van der Waals surface area contributed by atoms with Gasteiger partial charge < -0.3 is 5.73 Å². The van der Waals surface area contributed by atoms with E-state index >= 15 is 0 Å². The van der Waals surface area contributed by atoms with Crippen LogP contribution in [-0.2, 0) is 6.54 Å². The van der Waals surface area contributed by atoms with Gasteiger partial charge in [-0.15, -0.1) is 0 Å². The molecular weight excluding hydrogens is 200 g/mol. The number of amides is 1. The summed E-state index contributed by atoms with van der Waals surface area (Å²) in [5.74, 6) is -0.383. The number of pyridine rings is 1. The van der Waals surface area contributed by atoms with E-state index in [-0.39, 0.29) is 5.91 Å². The molecule has 16 heavy (non-hydrogen) atoms. The van der Waals surface area contributed by atoms with Crippen molar-refractivity contribution in [3.63, 3.8) is 0 Å². The van der Waals surface area contributed by atoms with Crippen molar-refractivity contribution in [2.75, 3.05) is 0 Å². The zero-order valence-corrected chi connectivity index (χ0v) is 9.10. The summed E-state index contributed by atoms with van der Waals surface area (Å²) < 4.78 is 1.99. The number of hydrogen-bond acceptors (Lipinski definition) is 1. The van der Waals surface area contributed by atoms with E-state index in [0.717, 1.165) is 19.4 Å². The molecule has 3 nitrogen and oxygen atoms in total. The van der Waals surface area contributed by atoms with E-state index in [0.29, 0.717) is 5.56 Å². The summed E-state index contributed by atoms with van der Waals surface area (Å²) >= 11 is 0. The second kappa shape index (κ2) is 4.75. The Morgan fingerprint density at radius 3 is 3.00 bits per heavy atom. The van der Waals surface area contributed by atoms with E-state index in [2.05, 4.69) is 18.2 Å². The number of rotatable bonds is 3. The monoisotopic (exact) mass is 215 g/mol. The molecule has 0 aromatic carbocycles. The van der Waals surface area contributed by atoms with Gasteiger partial charge in [0, 0.05) is 6.07 Å². The highest BCUT2D eigenvalue weighted by Crippen LogP contribution is 2.10. The average molecular weight is 215 g/mol. The standard InChI is InChI=1S/C13H14N2O/c14-13(16)12-7-4-8-15(10-12)9-11-5-2-1-3-6-11/h1-2,4,6-8,10H,3,5,9H2,(H-,14,16)/p+1. The molecule has 2 N–H and O–H groups in total. The fraction of sp³-hybridized carbons (Fsp3) is 0.231.